The lowest BCUT2D eigenvalue weighted by Crippen LogP contribution is -2.40. The summed E-state index contributed by atoms with van der Waals surface area (Å²) in [4.78, 5) is 32.9. The third-order valence-corrected chi connectivity index (χ3v) is 7.89. The van der Waals surface area contributed by atoms with Crippen molar-refractivity contribution < 1.29 is 23.7 Å². The number of benzene rings is 3. The molecule has 2 aliphatic rings. The number of thiazole rings is 1. The first-order valence-corrected chi connectivity index (χ1v) is 13.7. The highest BCUT2D eigenvalue weighted by atomic mass is 35.5. The topological polar surface area (TPSA) is 88.4 Å². The van der Waals surface area contributed by atoms with Crippen LogP contribution in [0.25, 0.3) is 11.8 Å². The summed E-state index contributed by atoms with van der Waals surface area (Å²) < 4.78 is 23.7. The van der Waals surface area contributed by atoms with Crippen molar-refractivity contribution in [3.8, 4) is 17.2 Å². The molecule has 2 aliphatic heterocycles. The summed E-state index contributed by atoms with van der Waals surface area (Å²) in [5.41, 5.74) is 2.46. The standard InChI is InChI=1S/C30H23ClN2O6S/c1-3-37-29(35)25-26(17-7-5-4-6-8-17)32-30-33(27(25)18-9-11-20(36-2)12-10-18)28(34)24(40-30)14-19-13-22-23(15-21(19)31)39-16-38-22/h4-15,27H,3,16H2,1-2H3/b24-14+/t27-/m0/s1. The zero-order valence-electron chi connectivity index (χ0n) is 21.5. The number of methoxy groups -OCH3 is 1. The van der Waals surface area contributed by atoms with Gasteiger partial charge >= 0.3 is 5.97 Å². The van der Waals surface area contributed by atoms with E-state index in [4.69, 9.17) is 35.5 Å². The van der Waals surface area contributed by atoms with Crippen LogP contribution in [0.5, 0.6) is 17.2 Å². The Hall–Kier alpha value is -4.34. The van der Waals surface area contributed by atoms with E-state index in [1.165, 1.54) is 15.9 Å². The summed E-state index contributed by atoms with van der Waals surface area (Å²) in [6, 6.07) is 19.3. The van der Waals surface area contributed by atoms with Gasteiger partial charge in [-0.05, 0) is 42.3 Å². The Morgan fingerprint density at radius 3 is 2.55 bits per heavy atom. The molecule has 0 amide bonds. The fourth-order valence-electron chi connectivity index (χ4n) is 4.73. The van der Waals surface area contributed by atoms with Crippen LogP contribution in [0.4, 0.5) is 0 Å². The van der Waals surface area contributed by atoms with Crippen LogP contribution in [-0.2, 0) is 9.53 Å². The molecule has 10 heteroatoms. The molecule has 1 aromatic heterocycles. The van der Waals surface area contributed by atoms with E-state index in [-0.39, 0.29) is 24.5 Å². The molecule has 3 heterocycles. The largest absolute Gasteiger partial charge is 0.497 e. The molecule has 0 spiro atoms. The number of hydrogen-bond donors (Lipinski definition) is 0. The molecule has 40 heavy (non-hydrogen) atoms. The molecule has 0 unspecified atom stereocenters. The summed E-state index contributed by atoms with van der Waals surface area (Å²) in [5.74, 6) is 1.21. The molecule has 0 aliphatic carbocycles. The summed E-state index contributed by atoms with van der Waals surface area (Å²) in [5, 5.41) is 0.416. The Morgan fingerprint density at radius 2 is 1.85 bits per heavy atom. The molecule has 0 saturated heterocycles. The second-order valence-electron chi connectivity index (χ2n) is 8.93. The van der Waals surface area contributed by atoms with Gasteiger partial charge in [-0.2, -0.15) is 0 Å². The van der Waals surface area contributed by atoms with Gasteiger partial charge in [0.25, 0.3) is 5.56 Å². The van der Waals surface area contributed by atoms with Crippen LogP contribution < -0.4 is 29.1 Å². The smallest absolute Gasteiger partial charge is 0.338 e. The number of rotatable bonds is 6. The van der Waals surface area contributed by atoms with E-state index >= 15 is 0 Å². The number of hydrogen-bond acceptors (Lipinski definition) is 8. The first kappa shape index (κ1) is 25.9. The van der Waals surface area contributed by atoms with Gasteiger partial charge in [-0.1, -0.05) is 65.4 Å². The van der Waals surface area contributed by atoms with Gasteiger partial charge in [-0.15, -0.1) is 0 Å². The molecule has 8 nitrogen and oxygen atoms in total. The average molecular weight is 575 g/mol. The van der Waals surface area contributed by atoms with Crippen LogP contribution in [0.2, 0.25) is 5.02 Å². The number of carbonyl (C=O) groups is 1. The highest BCUT2D eigenvalue weighted by molar-refractivity contribution is 7.07. The molecular formula is C30H23ClN2O6S. The highest BCUT2D eigenvalue weighted by Gasteiger charge is 2.35. The van der Waals surface area contributed by atoms with Gasteiger partial charge in [-0.3, -0.25) is 9.36 Å². The average Bonchev–Trinajstić information content (AvgIpc) is 3.56. The van der Waals surface area contributed by atoms with Crippen molar-refractivity contribution in [2.24, 2.45) is 4.99 Å². The molecule has 3 aromatic carbocycles. The minimum atomic E-state index is -0.786. The third kappa shape index (κ3) is 4.57. The van der Waals surface area contributed by atoms with Crippen molar-refractivity contribution in [3.63, 3.8) is 0 Å². The van der Waals surface area contributed by atoms with Gasteiger partial charge < -0.3 is 18.9 Å². The molecule has 202 valence electrons. The summed E-state index contributed by atoms with van der Waals surface area (Å²) in [7, 11) is 1.58. The lowest BCUT2D eigenvalue weighted by atomic mass is 9.93. The van der Waals surface area contributed by atoms with E-state index in [1.807, 2.05) is 42.5 Å². The first-order valence-electron chi connectivity index (χ1n) is 12.5. The quantitative estimate of drug-likeness (QED) is 0.319. The number of halogens is 1. The van der Waals surface area contributed by atoms with E-state index in [0.717, 1.165) is 5.56 Å². The summed E-state index contributed by atoms with van der Waals surface area (Å²) in [6.45, 7) is 2.03. The van der Waals surface area contributed by atoms with Crippen molar-refractivity contribution in [2.75, 3.05) is 20.5 Å². The van der Waals surface area contributed by atoms with Crippen LogP contribution in [0, 0.1) is 0 Å². The van der Waals surface area contributed by atoms with Crippen LogP contribution in [0.3, 0.4) is 0 Å². The Balaban J connectivity index is 1.62. The number of carbonyl (C=O) groups excluding carboxylic acids is 1. The molecule has 0 saturated carbocycles. The Bertz CT molecular complexity index is 1830. The number of esters is 1. The van der Waals surface area contributed by atoms with Crippen molar-refractivity contribution in [3.05, 3.63) is 114 Å². The molecule has 1 atom stereocenters. The number of fused-ring (bicyclic) bond motifs is 2. The van der Waals surface area contributed by atoms with Crippen LogP contribution in [0.1, 0.15) is 29.7 Å². The van der Waals surface area contributed by atoms with Crippen LogP contribution in [0.15, 0.2) is 82.1 Å². The second kappa shape index (κ2) is 10.7. The number of aromatic nitrogens is 1. The Labute approximate surface area is 238 Å². The van der Waals surface area contributed by atoms with Crippen molar-refractivity contribution >= 4 is 40.7 Å². The lowest BCUT2D eigenvalue weighted by molar-refractivity contribution is -0.138. The molecule has 0 radical (unpaired) electrons. The van der Waals surface area contributed by atoms with E-state index in [1.54, 1.807) is 44.4 Å². The fraction of sp³-hybridized carbons (Fsp3) is 0.167. The van der Waals surface area contributed by atoms with E-state index in [2.05, 4.69) is 0 Å². The predicted octanol–water partition coefficient (Wildman–Crippen LogP) is 4.33. The lowest BCUT2D eigenvalue weighted by Gasteiger charge is -2.26. The van der Waals surface area contributed by atoms with Gasteiger partial charge in [0.15, 0.2) is 16.3 Å². The maximum atomic E-state index is 14.0. The van der Waals surface area contributed by atoms with Gasteiger partial charge in [0, 0.05) is 11.6 Å². The van der Waals surface area contributed by atoms with Crippen LogP contribution >= 0.6 is 22.9 Å². The zero-order valence-corrected chi connectivity index (χ0v) is 23.1. The number of nitrogens with zero attached hydrogens (tertiary/aromatic N) is 2. The molecule has 0 fully saturated rings. The fourth-order valence-corrected chi connectivity index (χ4v) is 5.93. The van der Waals surface area contributed by atoms with Crippen molar-refractivity contribution in [1.29, 1.82) is 0 Å². The van der Waals surface area contributed by atoms with Crippen LogP contribution in [-0.4, -0.2) is 31.0 Å². The Morgan fingerprint density at radius 1 is 1.12 bits per heavy atom. The molecule has 4 aromatic rings. The summed E-state index contributed by atoms with van der Waals surface area (Å²) in [6.07, 6.45) is 1.70. The van der Waals surface area contributed by atoms with E-state index in [9.17, 15) is 9.59 Å². The monoisotopic (exact) mass is 574 g/mol. The van der Waals surface area contributed by atoms with Gasteiger partial charge in [0.2, 0.25) is 6.79 Å². The minimum absolute atomic E-state index is 0.109. The summed E-state index contributed by atoms with van der Waals surface area (Å²) >= 11 is 7.73. The van der Waals surface area contributed by atoms with Gasteiger partial charge in [0.1, 0.15) is 5.75 Å². The molecule has 6 rings (SSSR count). The zero-order chi connectivity index (χ0) is 27.8. The second-order valence-corrected chi connectivity index (χ2v) is 10.3. The molecular weight excluding hydrogens is 552 g/mol. The van der Waals surface area contributed by atoms with E-state index in [0.29, 0.717) is 48.4 Å². The molecule has 0 bridgehead atoms. The van der Waals surface area contributed by atoms with Gasteiger partial charge in [0.05, 0.1) is 40.6 Å². The first-order chi connectivity index (χ1) is 19.5. The van der Waals surface area contributed by atoms with Crippen molar-refractivity contribution in [2.45, 2.75) is 13.0 Å². The van der Waals surface area contributed by atoms with Gasteiger partial charge in [-0.25, -0.2) is 9.79 Å². The minimum Gasteiger partial charge on any atom is -0.497 e. The normalized spacial score (nSPS) is 16.0. The molecule has 0 N–H and O–H groups in total. The third-order valence-electron chi connectivity index (χ3n) is 6.58. The van der Waals surface area contributed by atoms with E-state index < -0.39 is 12.0 Å². The van der Waals surface area contributed by atoms with Crippen molar-refractivity contribution in [1.82, 2.24) is 4.57 Å². The Kier molecular flexibility index (Phi) is 6.91. The highest BCUT2D eigenvalue weighted by Crippen LogP contribution is 2.38. The number of ether oxygens (including phenoxy) is 4. The maximum absolute atomic E-state index is 14.0. The SMILES string of the molecule is CCOC(=O)C1=C(c2ccccc2)N=c2s/c(=C/c3cc4c(cc3Cl)OCO4)c(=O)n2[C@H]1c1ccc(OC)cc1. The predicted molar refractivity (Wildman–Crippen MR) is 152 cm³/mol. The maximum Gasteiger partial charge on any atom is 0.338 e.